The molecule has 0 aliphatic heterocycles. The fourth-order valence-electron chi connectivity index (χ4n) is 0.871. The lowest BCUT2D eigenvalue weighted by Gasteiger charge is -2.21. The molecule has 96 valence electrons. The molecule has 0 aromatic carbocycles. The molecule has 0 bridgehead atoms. The topological polar surface area (TPSA) is 66.9 Å². The minimum atomic E-state index is -3.44. The number of sulfonamides is 1. The van der Waals surface area contributed by atoms with E-state index in [0.29, 0.717) is 0 Å². The van der Waals surface area contributed by atoms with Gasteiger partial charge in [0.05, 0.1) is 13.2 Å². The molecule has 0 heterocycles. The van der Waals surface area contributed by atoms with Gasteiger partial charge in [-0.15, -0.1) is 0 Å². The van der Waals surface area contributed by atoms with E-state index in [9.17, 15) is 13.2 Å². The van der Waals surface area contributed by atoms with Crippen molar-refractivity contribution in [1.82, 2.24) is 9.21 Å². The van der Waals surface area contributed by atoms with E-state index in [2.05, 4.69) is 15.9 Å². The van der Waals surface area contributed by atoms with Crippen molar-refractivity contribution in [2.45, 2.75) is 0 Å². The Bertz CT molecular complexity index is 318. The van der Waals surface area contributed by atoms with Gasteiger partial charge < -0.3 is 9.64 Å². The van der Waals surface area contributed by atoms with Crippen LogP contribution >= 0.6 is 15.9 Å². The van der Waals surface area contributed by atoms with Crippen LogP contribution in [0.1, 0.15) is 0 Å². The number of nitrogens with zero attached hydrogens (tertiary/aromatic N) is 2. The third-order valence-electron chi connectivity index (χ3n) is 1.89. The first kappa shape index (κ1) is 15.8. The number of alkyl halides is 1. The summed E-state index contributed by atoms with van der Waals surface area (Å²) in [6.45, 7) is 0.265. The van der Waals surface area contributed by atoms with Gasteiger partial charge in [0.15, 0.2) is 0 Å². The molecule has 0 aromatic heterocycles. The number of carbonyl (C=O) groups excluding carboxylic acids is 1. The fraction of sp³-hybridized carbons (Fsp3) is 0.875. The SMILES string of the molecule is COCCN(CC(=O)N(C)C)S(=O)(=O)CBr. The number of rotatable bonds is 7. The van der Waals surface area contributed by atoms with Gasteiger partial charge in [0.25, 0.3) is 0 Å². The molecule has 1 amide bonds. The number of hydrogen-bond donors (Lipinski definition) is 0. The van der Waals surface area contributed by atoms with Crippen LogP contribution in [-0.4, -0.2) is 69.1 Å². The number of hydrogen-bond acceptors (Lipinski definition) is 4. The maximum absolute atomic E-state index is 11.6. The van der Waals surface area contributed by atoms with E-state index < -0.39 is 10.0 Å². The summed E-state index contributed by atoms with van der Waals surface area (Å²) in [6.07, 6.45) is 0. The number of amides is 1. The Hall–Kier alpha value is -0.180. The summed E-state index contributed by atoms with van der Waals surface area (Å²) in [5.74, 6) is -0.263. The summed E-state index contributed by atoms with van der Waals surface area (Å²) in [4.78, 5) is 12.8. The molecule has 0 rings (SSSR count). The first-order valence-electron chi connectivity index (χ1n) is 4.58. The van der Waals surface area contributed by atoms with Crippen molar-refractivity contribution >= 4 is 31.9 Å². The Morgan fingerprint density at radius 3 is 2.31 bits per heavy atom. The molecule has 0 aliphatic carbocycles. The zero-order chi connectivity index (χ0) is 12.8. The van der Waals surface area contributed by atoms with E-state index in [1.54, 1.807) is 14.1 Å². The lowest BCUT2D eigenvalue weighted by atomic mass is 10.5. The van der Waals surface area contributed by atoms with Crippen molar-refractivity contribution in [2.24, 2.45) is 0 Å². The first-order chi connectivity index (χ1) is 7.35. The summed E-state index contributed by atoms with van der Waals surface area (Å²) in [6, 6.07) is 0. The van der Waals surface area contributed by atoms with Gasteiger partial charge in [0, 0.05) is 27.7 Å². The number of ether oxygens (including phenoxy) is 1. The van der Waals surface area contributed by atoms with Crippen molar-refractivity contribution in [3.63, 3.8) is 0 Å². The summed E-state index contributed by atoms with van der Waals surface area (Å²) >= 11 is 2.90. The highest BCUT2D eigenvalue weighted by Crippen LogP contribution is 2.05. The van der Waals surface area contributed by atoms with Crippen molar-refractivity contribution in [2.75, 3.05) is 45.6 Å². The summed E-state index contributed by atoms with van der Waals surface area (Å²) < 4.78 is 28.9. The largest absolute Gasteiger partial charge is 0.383 e. The van der Waals surface area contributed by atoms with Crippen LogP contribution in [0.5, 0.6) is 0 Å². The van der Waals surface area contributed by atoms with Gasteiger partial charge in [-0.05, 0) is 0 Å². The fourth-order valence-corrected chi connectivity index (χ4v) is 2.54. The third-order valence-corrected chi connectivity index (χ3v) is 5.00. The van der Waals surface area contributed by atoms with E-state index in [4.69, 9.17) is 4.74 Å². The van der Waals surface area contributed by atoms with Crippen LogP contribution in [0.2, 0.25) is 0 Å². The van der Waals surface area contributed by atoms with Crippen molar-refractivity contribution in [3.8, 4) is 0 Å². The maximum Gasteiger partial charge on any atom is 0.237 e. The van der Waals surface area contributed by atoms with Crippen LogP contribution < -0.4 is 0 Å². The number of carbonyl (C=O) groups is 1. The molecule has 0 unspecified atom stereocenters. The third kappa shape index (κ3) is 5.24. The van der Waals surface area contributed by atoms with E-state index >= 15 is 0 Å². The molecular formula is C8H17BrN2O4S. The second kappa shape index (κ2) is 7.21. The highest BCUT2D eigenvalue weighted by Gasteiger charge is 2.23. The highest BCUT2D eigenvalue weighted by molar-refractivity contribution is 9.10. The summed E-state index contributed by atoms with van der Waals surface area (Å²) in [5.41, 5.74) is 0. The van der Waals surface area contributed by atoms with Crippen molar-refractivity contribution < 1.29 is 17.9 Å². The average molecular weight is 317 g/mol. The van der Waals surface area contributed by atoms with Gasteiger partial charge in [-0.25, -0.2) is 8.42 Å². The summed E-state index contributed by atoms with van der Waals surface area (Å²) in [5, 5.41) is 0. The van der Waals surface area contributed by atoms with Crippen LogP contribution in [0.25, 0.3) is 0 Å². The van der Waals surface area contributed by atoms with Crippen LogP contribution in [0.3, 0.4) is 0 Å². The molecule has 0 saturated heterocycles. The molecule has 0 N–H and O–H groups in total. The normalized spacial score (nSPS) is 11.8. The molecule has 0 fully saturated rings. The molecule has 16 heavy (non-hydrogen) atoms. The Labute approximate surface area is 105 Å². The summed E-state index contributed by atoms with van der Waals surface area (Å²) in [7, 11) is 1.20. The minimum absolute atomic E-state index is 0.162. The lowest BCUT2D eigenvalue weighted by molar-refractivity contribution is -0.128. The molecule has 0 aliphatic rings. The van der Waals surface area contributed by atoms with Crippen LogP contribution in [0.4, 0.5) is 0 Å². The van der Waals surface area contributed by atoms with Gasteiger partial charge >= 0.3 is 0 Å². The van der Waals surface area contributed by atoms with Gasteiger partial charge in [-0.1, -0.05) is 15.9 Å². The molecule has 0 aromatic rings. The zero-order valence-electron chi connectivity index (χ0n) is 9.64. The Balaban J connectivity index is 4.62. The van der Waals surface area contributed by atoms with E-state index in [0.717, 1.165) is 4.31 Å². The Morgan fingerprint density at radius 1 is 1.38 bits per heavy atom. The number of halogens is 1. The van der Waals surface area contributed by atoms with Crippen LogP contribution in [0, 0.1) is 0 Å². The molecular weight excluding hydrogens is 300 g/mol. The van der Waals surface area contributed by atoms with E-state index in [1.165, 1.54) is 12.0 Å². The molecule has 0 atom stereocenters. The van der Waals surface area contributed by atoms with E-state index in [1.807, 2.05) is 0 Å². The molecule has 6 nitrogen and oxygen atoms in total. The van der Waals surface area contributed by atoms with E-state index in [-0.39, 0.29) is 30.3 Å². The lowest BCUT2D eigenvalue weighted by Crippen LogP contribution is -2.42. The number of methoxy groups -OCH3 is 1. The standard InChI is InChI=1S/C8H17BrN2O4S/c1-10(2)8(12)6-11(4-5-15-3)16(13,14)7-9/h4-7H2,1-3H3. The monoisotopic (exact) mass is 316 g/mol. The first-order valence-corrected chi connectivity index (χ1v) is 7.31. The quantitative estimate of drug-likeness (QED) is 0.605. The van der Waals surface area contributed by atoms with Gasteiger partial charge in [0.2, 0.25) is 15.9 Å². The molecule has 0 spiro atoms. The van der Waals surface area contributed by atoms with Gasteiger partial charge in [-0.3, -0.25) is 4.79 Å². The highest BCUT2D eigenvalue weighted by atomic mass is 79.9. The molecule has 0 radical (unpaired) electrons. The minimum Gasteiger partial charge on any atom is -0.383 e. The zero-order valence-corrected chi connectivity index (χ0v) is 12.0. The predicted molar refractivity (Wildman–Crippen MR) is 64.9 cm³/mol. The van der Waals surface area contributed by atoms with Gasteiger partial charge in [0.1, 0.15) is 4.66 Å². The second-order valence-electron chi connectivity index (χ2n) is 3.34. The Kier molecular flexibility index (Phi) is 7.12. The molecule has 8 heteroatoms. The Morgan fingerprint density at radius 2 is 1.94 bits per heavy atom. The number of likely N-dealkylation sites (N-methyl/N-ethyl adjacent to an activating group) is 1. The van der Waals surface area contributed by atoms with Crippen LogP contribution in [-0.2, 0) is 19.6 Å². The van der Waals surface area contributed by atoms with Gasteiger partial charge in [-0.2, -0.15) is 4.31 Å². The average Bonchev–Trinajstić information content (AvgIpc) is 2.23. The predicted octanol–water partition coefficient (Wildman–Crippen LogP) is -0.295. The van der Waals surface area contributed by atoms with Crippen LogP contribution in [0.15, 0.2) is 0 Å². The maximum atomic E-state index is 11.6. The smallest absolute Gasteiger partial charge is 0.237 e. The van der Waals surface area contributed by atoms with Crippen molar-refractivity contribution in [3.05, 3.63) is 0 Å². The second-order valence-corrected chi connectivity index (χ2v) is 6.61. The molecule has 0 saturated carbocycles. The van der Waals surface area contributed by atoms with Crippen molar-refractivity contribution in [1.29, 1.82) is 0 Å².